The fourth-order valence-corrected chi connectivity index (χ4v) is 2.83. The summed E-state index contributed by atoms with van der Waals surface area (Å²) in [6.07, 6.45) is 3.89. The van der Waals surface area contributed by atoms with Gasteiger partial charge in [-0.15, -0.1) is 0 Å². The number of aromatic hydroxyl groups is 1. The third kappa shape index (κ3) is 3.57. The van der Waals surface area contributed by atoms with Gasteiger partial charge < -0.3 is 10.0 Å². The van der Waals surface area contributed by atoms with Crippen LogP contribution in [0.5, 0.6) is 5.75 Å². The second-order valence-corrected chi connectivity index (χ2v) is 5.78. The van der Waals surface area contributed by atoms with E-state index in [1.807, 2.05) is 26.0 Å². The van der Waals surface area contributed by atoms with Crippen LogP contribution in [0.3, 0.4) is 0 Å². The molecular formula is C16H24NO2+. The monoisotopic (exact) mass is 262 g/mol. The molecule has 0 bridgehead atoms. The number of aryl methyl sites for hydroxylation is 1. The molecule has 1 fully saturated rings. The summed E-state index contributed by atoms with van der Waals surface area (Å²) >= 11 is 0. The molecule has 1 aromatic rings. The number of quaternary nitrogens is 1. The highest BCUT2D eigenvalue weighted by molar-refractivity contribution is 5.98. The van der Waals surface area contributed by atoms with Gasteiger partial charge in [0, 0.05) is 5.56 Å². The van der Waals surface area contributed by atoms with E-state index >= 15 is 0 Å². The largest absolute Gasteiger partial charge is 0.508 e. The minimum Gasteiger partial charge on any atom is -0.508 e. The van der Waals surface area contributed by atoms with E-state index in [1.54, 1.807) is 11.0 Å². The number of benzene rings is 1. The Labute approximate surface area is 115 Å². The minimum atomic E-state index is 0.0233. The third-order valence-electron chi connectivity index (χ3n) is 4.10. The maximum Gasteiger partial charge on any atom is 0.171 e. The average molecular weight is 262 g/mol. The molecule has 3 nitrogen and oxygen atoms in total. The summed E-state index contributed by atoms with van der Waals surface area (Å²) in [4.78, 5) is 13.9. The molecule has 1 aromatic carbocycles. The topological polar surface area (TPSA) is 41.7 Å². The number of hydrogen-bond donors (Lipinski definition) is 2. The van der Waals surface area contributed by atoms with Crippen molar-refractivity contribution >= 4 is 5.78 Å². The van der Waals surface area contributed by atoms with Crippen LogP contribution < -0.4 is 4.90 Å². The van der Waals surface area contributed by atoms with E-state index in [1.165, 1.54) is 32.4 Å². The summed E-state index contributed by atoms with van der Waals surface area (Å²) < 4.78 is 0. The van der Waals surface area contributed by atoms with Crippen LogP contribution in [0.25, 0.3) is 0 Å². The van der Waals surface area contributed by atoms with Gasteiger partial charge in [-0.25, -0.2) is 0 Å². The lowest BCUT2D eigenvalue weighted by Gasteiger charge is -2.25. The lowest BCUT2D eigenvalue weighted by molar-refractivity contribution is -0.906. The van der Waals surface area contributed by atoms with Crippen molar-refractivity contribution in [3.05, 3.63) is 29.3 Å². The number of piperidine rings is 1. The highest BCUT2D eigenvalue weighted by atomic mass is 16.3. The Morgan fingerprint density at radius 2 is 2.00 bits per heavy atom. The number of carbonyl (C=O) groups excluding carboxylic acids is 1. The van der Waals surface area contributed by atoms with Crippen molar-refractivity contribution in [1.82, 2.24) is 0 Å². The summed E-state index contributed by atoms with van der Waals surface area (Å²) in [5.41, 5.74) is 1.44. The molecule has 0 spiro atoms. The Hall–Kier alpha value is -1.35. The molecular weight excluding hydrogens is 238 g/mol. The zero-order valence-corrected chi connectivity index (χ0v) is 11.9. The van der Waals surface area contributed by atoms with Crippen LogP contribution in [0.2, 0.25) is 0 Å². The molecule has 0 aliphatic carbocycles. The number of hydrogen-bond acceptors (Lipinski definition) is 2. The van der Waals surface area contributed by atoms with Crippen LogP contribution >= 0.6 is 0 Å². The smallest absolute Gasteiger partial charge is 0.171 e. The Balaban J connectivity index is 1.99. The molecule has 1 atom stereocenters. The van der Waals surface area contributed by atoms with E-state index in [9.17, 15) is 9.90 Å². The highest BCUT2D eigenvalue weighted by Crippen LogP contribution is 2.19. The number of nitrogens with one attached hydrogen (secondary N) is 1. The fourth-order valence-electron chi connectivity index (χ4n) is 2.83. The maximum absolute atomic E-state index is 12.4. The van der Waals surface area contributed by atoms with E-state index in [4.69, 9.17) is 0 Å². The standard InChI is InChI=1S/C16H23NO2/c1-12-6-7-14(10-15(12)18)16(19)13(2)11-17-8-4-3-5-9-17/h6-7,10,13,18H,3-5,8-9,11H2,1-2H3/p+1. The molecule has 2 rings (SSSR count). The first-order valence-electron chi connectivity index (χ1n) is 7.25. The van der Waals surface area contributed by atoms with Crippen LogP contribution in [0.4, 0.5) is 0 Å². The van der Waals surface area contributed by atoms with E-state index in [0.29, 0.717) is 5.56 Å². The van der Waals surface area contributed by atoms with Gasteiger partial charge in [0.25, 0.3) is 0 Å². The zero-order valence-electron chi connectivity index (χ0n) is 11.9. The van der Waals surface area contributed by atoms with Gasteiger partial charge in [-0.3, -0.25) is 4.79 Å². The number of phenolic OH excluding ortho intramolecular Hbond substituents is 1. The van der Waals surface area contributed by atoms with Gasteiger partial charge in [-0.2, -0.15) is 0 Å². The number of rotatable bonds is 4. The van der Waals surface area contributed by atoms with Crippen molar-refractivity contribution in [2.24, 2.45) is 5.92 Å². The van der Waals surface area contributed by atoms with Gasteiger partial charge in [0.15, 0.2) is 5.78 Å². The molecule has 0 radical (unpaired) electrons. The molecule has 0 aromatic heterocycles. The second kappa shape index (κ2) is 6.20. The number of carbonyl (C=O) groups is 1. The number of likely N-dealkylation sites (tertiary alicyclic amines) is 1. The SMILES string of the molecule is Cc1ccc(C(=O)C(C)C[NH+]2CCCCC2)cc1O. The second-order valence-electron chi connectivity index (χ2n) is 5.78. The molecule has 19 heavy (non-hydrogen) atoms. The van der Waals surface area contributed by atoms with Gasteiger partial charge >= 0.3 is 0 Å². The Morgan fingerprint density at radius 3 is 2.63 bits per heavy atom. The average Bonchev–Trinajstić information content (AvgIpc) is 2.42. The first-order valence-corrected chi connectivity index (χ1v) is 7.25. The van der Waals surface area contributed by atoms with Crippen LogP contribution in [-0.2, 0) is 0 Å². The molecule has 104 valence electrons. The first kappa shape index (κ1) is 14.1. The number of phenols is 1. The van der Waals surface area contributed by atoms with E-state index in [2.05, 4.69) is 0 Å². The summed E-state index contributed by atoms with van der Waals surface area (Å²) in [5, 5.41) is 9.69. The van der Waals surface area contributed by atoms with Gasteiger partial charge in [0.2, 0.25) is 0 Å². The molecule has 2 N–H and O–H groups in total. The predicted molar refractivity (Wildman–Crippen MR) is 75.8 cm³/mol. The van der Waals surface area contributed by atoms with Crippen molar-refractivity contribution in [3.63, 3.8) is 0 Å². The minimum absolute atomic E-state index is 0.0233. The Bertz CT molecular complexity index is 450. The summed E-state index contributed by atoms with van der Waals surface area (Å²) in [7, 11) is 0. The van der Waals surface area contributed by atoms with Gasteiger partial charge in [0.1, 0.15) is 5.75 Å². The summed E-state index contributed by atoms with van der Waals surface area (Å²) in [6, 6.07) is 5.22. The van der Waals surface area contributed by atoms with Crippen molar-refractivity contribution in [2.75, 3.05) is 19.6 Å². The fraction of sp³-hybridized carbons (Fsp3) is 0.562. The van der Waals surface area contributed by atoms with E-state index in [0.717, 1.165) is 12.1 Å². The highest BCUT2D eigenvalue weighted by Gasteiger charge is 2.22. The third-order valence-corrected chi connectivity index (χ3v) is 4.10. The van der Waals surface area contributed by atoms with Crippen LogP contribution in [0.15, 0.2) is 18.2 Å². The summed E-state index contributed by atoms with van der Waals surface area (Å²) in [5.74, 6) is 0.381. The molecule has 1 aliphatic heterocycles. The lowest BCUT2D eigenvalue weighted by atomic mass is 9.97. The molecule has 1 heterocycles. The summed E-state index contributed by atoms with van der Waals surface area (Å²) in [6.45, 7) is 7.13. The zero-order chi connectivity index (χ0) is 13.8. The first-order chi connectivity index (χ1) is 9.08. The van der Waals surface area contributed by atoms with Gasteiger partial charge in [0.05, 0.1) is 25.6 Å². The number of Topliss-reactive ketones (excluding diaryl/α,β-unsaturated/α-hetero) is 1. The van der Waals surface area contributed by atoms with Crippen LogP contribution in [0, 0.1) is 12.8 Å². The molecule has 0 amide bonds. The predicted octanol–water partition coefficient (Wildman–Crippen LogP) is 1.59. The quantitative estimate of drug-likeness (QED) is 0.809. The molecule has 3 heteroatoms. The molecule has 1 unspecified atom stereocenters. The normalized spacial score (nSPS) is 18.2. The van der Waals surface area contributed by atoms with E-state index in [-0.39, 0.29) is 17.5 Å². The molecule has 1 aliphatic rings. The van der Waals surface area contributed by atoms with Crippen LogP contribution in [0.1, 0.15) is 42.1 Å². The number of ketones is 1. The lowest BCUT2D eigenvalue weighted by Crippen LogP contribution is -3.13. The Morgan fingerprint density at radius 1 is 1.32 bits per heavy atom. The molecule has 1 saturated heterocycles. The van der Waals surface area contributed by atoms with E-state index < -0.39 is 0 Å². The van der Waals surface area contributed by atoms with Crippen molar-refractivity contribution in [3.8, 4) is 5.75 Å². The van der Waals surface area contributed by atoms with Crippen molar-refractivity contribution in [1.29, 1.82) is 0 Å². The van der Waals surface area contributed by atoms with Crippen molar-refractivity contribution in [2.45, 2.75) is 33.1 Å². The Kier molecular flexibility index (Phi) is 4.59. The van der Waals surface area contributed by atoms with Crippen molar-refractivity contribution < 1.29 is 14.8 Å². The van der Waals surface area contributed by atoms with Gasteiger partial charge in [-0.05, 0) is 44.7 Å². The van der Waals surface area contributed by atoms with Gasteiger partial charge in [-0.1, -0.05) is 12.1 Å². The maximum atomic E-state index is 12.4. The van der Waals surface area contributed by atoms with Crippen LogP contribution in [-0.4, -0.2) is 30.5 Å². The molecule has 0 saturated carbocycles.